The highest BCUT2D eigenvalue weighted by Gasteiger charge is 2.20. The molecule has 0 fully saturated rings. The standard InChI is InChI=1S/C27H39O7PS/c1-3-34-35(2,31)19-6-20-36-27(23-9-13-25(14-10-23)33-18-5-16-29)21-26(30)22-7-11-24(12-8-22)32-17-4-15-28/h7-14,27-29H,3-6,15-21H2,1-2H3. The van der Waals surface area contributed by atoms with E-state index in [1.165, 1.54) is 0 Å². The number of aliphatic hydroxyl groups is 2. The number of carbonyl (C=O) groups is 1. The molecule has 0 bridgehead atoms. The summed E-state index contributed by atoms with van der Waals surface area (Å²) < 4.78 is 29.0. The molecule has 0 spiro atoms. The third-order valence-corrected chi connectivity index (χ3v) is 8.67. The van der Waals surface area contributed by atoms with E-state index in [2.05, 4.69) is 0 Å². The first-order valence-corrected chi connectivity index (χ1v) is 15.7. The predicted octanol–water partition coefficient (Wildman–Crippen LogP) is 5.59. The van der Waals surface area contributed by atoms with E-state index in [-0.39, 0.29) is 24.2 Å². The van der Waals surface area contributed by atoms with Gasteiger partial charge in [0.2, 0.25) is 0 Å². The SMILES string of the molecule is CCOP(C)(=O)CCCSC(CC(=O)c1ccc(OCCCO)cc1)c1ccc(OCCCO)cc1. The van der Waals surface area contributed by atoms with E-state index in [1.54, 1.807) is 42.7 Å². The summed E-state index contributed by atoms with van der Waals surface area (Å²) in [6.07, 6.45) is 2.72. The summed E-state index contributed by atoms with van der Waals surface area (Å²) in [5.74, 6) is 2.19. The molecule has 0 saturated heterocycles. The van der Waals surface area contributed by atoms with Gasteiger partial charge in [-0.2, -0.15) is 11.8 Å². The zero-order valence-electron chi connectivity index (χ0n) is 21.3. The molecule has 200 valence electrons. The number of carbonyl (C=O) groups excluding carboxylic acids is 1. The molecule has 0 saturated carbocycles. The highest BCUT2D eigenvalue weighted by Crippen LogP contribution is 2.44. The first-order chi connectivity index (χ1) is 17.4. The first kappa shape index (κ1) is 30.4. The van der Waals surface area contributed by atoms with Crippen LogP contribution in [-0.2, 0) is 9.09 Å². The maximum atomic E-state index is 13.1. The van der Waals surface area contributed by atoms with Gasteiger partial charge in [-0.25, -0.2) is 0 Å². The smallest absolute Gasteiger partial charge is 0.200 e. The highest BCUT2D eigenvalue weighted by molar-refractivity contribution is 7.99. The van der Waals surface area contributed by atoms with E-state index in [1.807, 2.05) is 31.2 Å². The average Bonchev–Trinajstić information content (AvgIpc) is 2.87. The molecule has 36 heavy (non-hydrogen) atoms. The quantitative estimate of drug-likeness (QED) is 0.136. The van der Waals surface area contributed by atoms with Crippen molar-refractivity contribution < 1.29 is 33.6 Å². The van der Waals surface area contributed by atoms with Crippen LogP contribution in [0.2, 0.25) is 0 Å². The number of ether oxygens (including phenoxy) is 2. The van der Waals surface area contributed by atoms with Crippen LogP contribution in [0.15, 0.2) is 48.5 Å². The minimum absolute atomic E-state index is 0.0353. The van der Waals surface area contributed by atoms with Crippen LogP contribution in [0.25, 0.3) is 0 Å². The normalized spacial score (nSPS) is 13.7. The van der Waals surface area contributed by atoms with Crippen LogP contribution in [0.3, 0.4) is 0 Å². The van der Waals surface area contributed by atoms with Crippen molar-refractivity contribution >= 4 is 24.9 Å². The number of Topliss-reactive ketones (excluding diaryl/α,β-unsaturated/α-hetero) is 1. The van der Waals surface area contributed by atoms with Gasteiger partial charge >= 0.3 is 0 Å². The van der Waals surface area contributed by atoms with Crippen LogP contribution in [-0.4, -0.2) is 67.6 Å². The topological polar surface area (TPSA) is 102 Å². The van der Waals surface area contributed by atoms with E-state index in [0.29, 0.717) is 56.6 Å². The second-order valence-corrected chi connectivity index (χ2v) is 12.5. The lowest BCUT2D eigenvalue weighted by Gasteiger charge is -2.18. The monoisotopic (exact) mass is 538 g/mol. The van der Waals surface area contributed by atoms with Crippen molar-refractivity contribution in [1.29, 1.82) is 0 Å². The van der Waals surface area contributed by atoms with Crippen molar-refractivity contribution in [3.8, 4) is 11.5 Å². The Bertz CT molecular complexity index is 934. The molecule has 2 atom stereocenters. The van der Waals surface area contributed by atoms with Crippen molar-refractivity contribution in [3.63, 3.8) is 0 Å². The van der Waals surface area contributed by atoms with Crippen LogP contribution in [0.1, 0.15) is 53.8 Å². The van der Waals surface area contributed by atoms with Crippen LogP contribution < -0.4 is 9.47 Å². The van der Waals surface area contributed by atoms with Crippen molar-refractivity contribution in [2.24, 2.45) is 0 Å². The molecule has 2 N–H and O–H groups in total. The van der Waals surface area contributed by atoms with Gasteiger partial charge in [0.05, 0.1) is 19.8 Å². The lowest BCUT2D eigenvalue weighted by atomic mass is 10.0. The van der Waals surface area contributed by atoms with Gasteiger partial charge in [-0.15, -0.1) is 0 Å². The Labute approximate surface area is 219 Å². The summed E-state index contributed by atoms with van der Waals surface area (Å²) in [6.45, 7) is 5.00. The number of aliphatic hydroxyl groups excluding tert-OH is 2. The molecule has 0 amide bonds. The highest BCUT2D eigenvalue weighted by atomic mass is 32.2. The fourth-order valence-electron chi connectivity index (χ4n) is 3.50. The van der Waals surface area contributed by atoms with Crippen molar-refractivity contribution in [2.75, 3.05) is 51.6 Å². The Hall–Kier alpha value is -1.83. The molecule has 9 heteroatoms. The molecule has 0 aliphatic rings. The molecule has 0 aromatic heterocycles. The lowest BCUT2D eigenvalue weighted by Crippen LogP contribution is -2.07. The van der Waals surface area contributed by atoms with Gasteiger partial charge in [0.1, 0.15) is 11.5 Å². The maximum Gasteiger partial charge on any atom is 0.200 e. The molecule has 2 aromatic carbocycles. The van der Waals surface area contributed by atoms with Gasteiger partial charge in [0.15, 0.2) is 13.2 Å². The summed E-state index contributed by atoms with van der Waals surface area (Å²) >= 11 is 1.68. The van der Waals surface area contributed by atoms with Crippen LogP contribution in [0.5, 0.6) is 11.5 Å². The van der Waals surface area contributed by atoms with E-state index in [0.717, 1.165) is 23.5 Å². The Morgan fingerprint density at radius 1 is 0.917 bits per heavy atom. The average molecular weight is 539 g/mol. The van der Waals surface area contributed by atoms with Crippen molar-refractivity contribution in [3.05, 3.63) is 59.7 Å². The molecule has 0 aliphatic heterocycles. The minimum Gasteiger partial charge on any atom is -0.494 e. The van der Waals surface area contributed by atoms with E-state index >= 15 is 0 Å². The van der Waals surface area contributed by atoms with Crippen LogP contribution >= 0.6 is 19.1 Å². The zero-order valence-corrected chi connectivity index (χ0v) is 23.0. The summed E-state index contributed by atoms with van der Waals surface area (Å²) in [4.78, 5) is 13.1. The number of hydrogen-bond donors (Lipinski definition) is 2. The van der Waals surface area contributed by atoms with E-state index < -0.39 is 7.37 Å². The fraction of sp³-hybridized carbons (Fsp3) is 0.519. The first-order valence-electron chi connectivity index (χ1n) is 12.4. The van der Waals surface area contributed by atoms with E-state index in [4.69, 9.17) is 24.2 Å². The number of hydrogen-bond acceptors (Lipinski definition) is 8. The zero-order chi connectivity index (χ0) is 26.2. The molecule has 7 nitrogen and oxygen atoms in total. The van der Waals surface area contributed by atoms with Crippen LogP contribution in [0, 0.1) is 0 Å². The van der Waals surface area contributed by atoms with Gasteiger partial charge in [-0.3, -0.25) is 9.36 Å². The Kier molecular flexibility index (Phi) is 14.2. The summed E-state index contributed by atoms with van der Waals surface area (Å²) in [7, 11) is -2.58. The van der Waals surface area contributed by atoms with Gasteiger partial charge in [0, 0.05) is 56.1 Å². The number of rotatable bonds is 19. The Morgan fingerprint density at radius 2 is 1.47 bits per heavy atom. The summed E-state index contributed by atoms with van der Waals surface area (Å²) in [5.41, 5.74) is 1.64. The molecule has 0 radical (unpaired) electrons. The molecule has 0 aliphatic carbocycles. The third kappa shape index (κ3) is 11.5. The minimum atomic E-state index is -2.58. The van der Waals surface area contributed by atoms with Gasteiger partial charge in [0.25, 0.3) is 0 Å². The molecule has 2 aromatic rings. The van der Waals surface area contributed by atoms with Crippen molar-refractivity contribution in [1.82, 2.24) is 0 Å². The second-order valence-electron chi connectivity index (χ2n) is 8.44. The summed E-state index contributed by atoms with van der Waals surface area (Å²) in [5, 5.41) is 17.7. The molecular weight excluding hydrogens is 499 g/mol. The molecule has 2 unspecified atom stereocenters. The Balaban J connectivity index is 2.04. The molecular formula is C27H39O7PS. The molecule has 2 rings (SSSR count). The van der Waals surface area contributed by atoms with Gasteiger partial charge in [-0.1, -0.05) is 12.1 Å². The number of thioether (sulfide) groups is 1. The fourth-order valence-corrected chi connectivity index (χ4v) is 6.34. The Morgan fingerprint density at radius 3 is 2.00 bits per heavy atom. The van der Waals surface area contributed by atoms with Gasteiger partial charge < -0.3 is 24.2 Å². The lowest BCUT2D eigenvalue weighted by molar-refractivity contribution is 0.0982. The number of ketones is 1. The largest absolute Gasteiger partial charge is 0.494 e. The van der Waals surface area contributed by atoms with Crippen molar-refractivity contribution in [2.45, 2.75) is 37.9 Å². The third-order valence-electron chi connectivity index (χ3n) is 5.37. The predicted molar refractivity (Wildman–Crippen MR) is 146 cm³/mol. The summed E-state index contributed by atoms with van der Waals surface area (Å²) in [6, 6.07) is 14.8. The second kappa shape index (κ2) is 16.8. The number of benzene rings is 2. The van der Waals surface area contributed by atoms with Crippen LogP contribution in [0.4, 0.5) is 0 Å². The van der Waals surface area contributed by atoms with E-state index in [9.17, 15) is 9.36 Å². The maximum absolute atomic E-state index is 13.1. The van der Waals surface area contributed by atoms with Gasteiger partial charge in [-0.05, 0) is 61.1 Å². The molecule has 0 heterocycles.